The SMILES string of the molecule is Cc1[nH]c2ccc(F)cc2c1/C=C/c1cccc(C)[n+]1C. The fourth-order valence-electron chi connectivity index (χ4n) is 2.58. The topological polar surface area (TPSA) is 19.7 Å². The Balaban J connectivity index is 2.09. The Morgan fingerprint density at radius 2 is 1.90 bits per heavy atom. The lowest BCUT2D eigenvalue weighted by molar-refractivity contribution is -0.679. The first-order valence-electron chi connectivity index (χ1n) is 6.98. The zero-order chi connectivity index (χ0) is 15.0. The molecule has 0 atom stereocenters. The number of hydrogen-bond donors (Lipinski definition) is 1. The van der Waals surface area contributed by atoms with Gasteiger partial charge in [-0.1, -0.05) is 0 Å². The molecule has 3 aromatic rings. The van der Waals surface area contributed by atoms with E-state index in [9.17, 15) is 4.39 Å². The van der Waals surface area contributed by atoms with Crippen LogP contribution in [0.15, 0.2) is 36.4 Å². The lowest BCUT2D eigenvalue weighted by Crippen LogP contribution is -2.34. The number of fused-ring (bicyclic) bond motifs is 1. The fourth-order valence-corrected chi connectivity index (χ4v) is 2.58. The molecule has 2 aromatic heterocycles. The van der Waals surface area contributed by atoms with Crippen molar-refractivity contribution in [1.29, 1.82) is 0 Å². The van der Waals surface area contributed by atoms with Crippen LogP contribution in [0.5, 0.6) is 0 Å². The maximum atomic E-state index is 13.5. The molecule has 0 spiro atoms. The lowest BCUT2D eigenvalue weighted by Gasteiger charge is -1.98. The Morgan fingerprint density at radius 3 is 2.71 bits per heavy atom. The van der Waals surface area contributed by atoms with Crippen molar-refractivity contribution >= 4 is 23.1 Å². The van der Waals surface area contributed by atoms with Gasteiger partial charge in [0, 0.05) is 47.3 Å². The van der Waals surface area contributed by atoms with E-state index >= 15 is 0 Å². The molecular formula is C18H18FN2+. The summed E-state index contributed by atoms with van der Waals surface area (Å²) in [5.74, 6) is -0.211. The van der Waals surface area contributed by atoms with Gasteiger partial charge in [-0.25, -0.2) is 4.39 Å². The van der Waals surface area contributed by atoms with E-state index in [1.807, 2.05) is 26.1 Å². The van der Waals surface area contributed by atoms with E-state index in [1.54, 1.807) is 12.1 Å². The highest BCUT2D eigenvalue weighted by Gasteiger charge is 2.09. The molecule has 0 aliphatic rings. The molecule has 0 fully saturated rings. The minimum Gasteiger partial charge on any atom is -0.358 e. The second kappa shape index (κ2) is 5.17. The average molecular weight is 281 g/mol. The first-order valence-corrected chi connectivity index (χ1v) is 6.98. The summed E-state index contributed by atoms with van der Waals surface area (Å²) in [6.07, 6.45) is 4.11. The molecule has 1 aromatic carbocycles. The first-order chi connectivity index (χ1) is 10.1. The Morgan fingerprint density at radius 1 is 1.10 bits per heavy atom. The third-order valence-corrected chi connectivity index (χ3v) is 3.94. The summed E-state index contributed by atoms with van der Waals surface area (Å²) in [4.78, 5) is 3.29. The summed E-state index contributed by atoms with van der Waals surface area (Å²) in [5, 5.41) is 0.916. The fraction of sp³-hybridized carbons (Fsp3) is 0.167. The van der Waals surface area contributed by atoms with Gasteiger partial charge in [0.05, 0.1) is 0 Å². The molecule has 2 heterocycles. The monoisotopic (exact) mass is 281 g/mol. The van der Waals surface area contributed by atoms with E-state index in [4.69, 9.17) is 0 Å². The predicted octanol–water partition coefficient (Wildman–Crippen LogP) is 3.92. The highest BCUT2D eigenvalue weighted by molar-refractivity contribution is 5.92. The molecule has 0 radical (unpaired) electrons. The van der Waals surface area contributed by atoms with Gasteiger partial charge in [-0.05, 0) is 37.3 Å². The number of aryl methyl sites for hydroxylation is 2. The van der Waals surface area contributed by atoms with Gasteiger partial charge in [-0.2, -0.15) is 4.57 Å². The van der Waals surface area contributed by atoms with Gasteiger partial charge in [-0.3, -0.25) is 0 Å². The van der Waals surface area contributed by atoms with E-state index in [0.29, 0.717) is 0 Å². The first kappa shape index (κ1) is 13.6. The molecule has 3 rings (SSSR count). The number of pyridine rings is 1. The molecule has 0 bridgehead atoms. The minimum atomic E-state index is -0.211. The standard InChI is InChI=1S/C18H17FN2/c1-12-5-4-6-15(21(12)3)8-9-16-13(2)20-18-10-7-14(19)11-17(16)18/h4-11H,1-3H3/p+1. The zero-order valence-electron chi connectivity index (χ0n) is 12.4. The summed E-state index contributed by atoms with van der Waals surface area (Å²) in [6, 6.07) is 11.0. The summed E-state index contributed by atoms with van der Waals surface area (Å²) in [7, 11) is 2.04. The van der Waals surface area contributed by atoms with Crippen molar-refractivity contribution in [3.05, 3.63) is 64.9 Å². The predicted molar refractivity (Wildman–Crippen MR) is 84.3 cm³/mol. The van der Waals surface area contributed by atoms with Crippen molar-refractivity contribution in [3.63, 3.8) is 0 Å². The van der Waals surface area contributed by atoms with Gasteiger partial charge in [0.1, 0.15) is 12.9 Å². The van der Waals surface area contributed by atoms with Gasteiger partial charge < -0.3 is 4.98 Å². The summed E-state index contributed by atoms with van der Waals surface area (Å²) in [6.45, 7) is 4.08. The molecule has 0 aliphatic carbocycles. The third kappa shape index (κ3) is 2.47. The van der Waals surface area contributed by atoms with Crippen molar-refractivity contribution in [3.8, 4) is 0 Å². The van der Waals surface area contributed by atoms with E-state index in [0.717, 1.165) is 27.9 Å². The van der Waals surface area contributed by atoms with Crippen molar-refractivity contribution in [2.75, 3.05) is 0 Å². The maximum Gasteiger partial charge on any atom is 0.205 e. The van der Waals surface area contributed by atoms with E-state index in [-0.39, 0.29) is 5.82 Å². The van der Waals surface area contributed by atoms with Crippen LogP contribution < -0.4 is 4.57 Å². The van der Waals surface area contributed by atoms with E-state index in [1.165, 1.54) is 11.8 Å². The van der Waals surface area contributed by atoms with Crippen molar-refractivity contribution in [2.24, 2.45) is 7.05 Å². The summed E-state index contributed by atoms with van der Waals surface area (Å²) < 4.78 is 15.6. The van der Waals surface area contributed by atoms with Gasteiger partial charge in [0.2, 0.25) is 5.69 Å². The molecule has 0 aliphatic heterocycles. The van der Waals surface area contributed by atoms with Crippen LogP contribution in [0.1, 0.15) is 22.6 Å². The minimum absolute atomic E-state index is 0.211. The highest BCUT2D eigenvalue weighted by Crippen LogP contribution is 2.24. The van der Waals surface area contributed by atoms with Gasteiger partial charge in [-0.15, -0.1) is 0 Å². The number of H-pyrrole nitrogens is 1. The van der Waals surface area contributed by atoms with Crippen molar-refractivity contribution < 1.29 is 8.96 Å². The Kier molecular flexibility index (Phi) is 3.34. The molecule has 0 saturated heterocycles. The number of hydrogen-bond acceptors (Lipinski definition) is 0. The largest absolute Gasteiger partial charge is 0.358 e. The van der Waals surface area contributed by atoms with Crippen molar-refractivity contribution in [2.45, 2.75) is 13.8 Å². The molecule has 106 valence electrons. The number of nitrogens with one attached hydrogen (secondary N) is 1. The molecule has 2 nitrogen and oxygen atoms in total. The Labute approximate surface area is 123 Å². The molecule has 1 N–H and O–H groups in total. The molecule has 21 heavy (non-hydrogen) atoms. The molecular weight excluding hydrogens is 263 g/mol. The van der Waals surface area contributed by atoms with Crippen LogP contribution in [0, 0.1) is 19.7 Å². The number of halogens is 1. The number of benzene rings is 1. The number of nitrogens with zero attached hydrogens (tertiary/aromatic N) is 1. The quantitative estimate of drug-likeness (QED) is 0.687. The van der Waals surface area contributed by atoms with Gasteiger partial charge >= 0.3 is 0 Å². The third-order valence-electron chi connectivity index (χ3n) is 3.94. The van der Waals surface area contributed by atoms with Crippen LogP contribution >= 0.6 is 0 Å². The number of aromatic nitrogens is 2. The summed E-state index contributed by atoms with van der Waals surface area (Å²) in [5.41, 5.74) is 5.34. The Hall–Kier alpha value is -2.42. The van der Waals surface area contributed by atoms with Crippen LogP contribution in [0.25, 0.3) is 23.1 Å². The van der Waals surface area contributed by atoms with Gasteiger partial charge in [0.15, 0.2) is 5.69 Å². The van der Waals surface area contributed by atoms with Crippen LogP contribution in [0.2, 0.25) is 0 Å². The molecule has 3 heteroatoms. The second-order valence-corrected chi connectivity index (χ2v) is 5.34. The Bertz CT molecular complexity index is 844. The van der Waals surface area contributed by atoms with Crippen molar-refractivity contribution in [1.82, 2.24) is 4.98 Å². The highest BCUT2D eigenvalue weighted by atomic mass is 19.1. The van der Waals surface area contributed by atoms with Crippen LogP contribution in [-0.2, 0) is 7.05 Å². The van der Waals surface area contributed by atoms with E-state index in [2.05, 4.69) is 34.7 Å². The van der Waals surface area contributed by atoms with Crippen LogP contribution in [-0.4, -0.2) is 4.98 Å². The normalized spacial score (nSPS) is 11.6. The molecule has 0 amide bonds. The van der Waals surface area contributed by atoms with Crippen LogP contribution in [0.4, 0.5) is 4.39 Å². The lowest BCUT2D eigenvalue weighted by atomic mass is 10.1. The number of rotatable bonds is 2. The molecule has 0 saturated carbocycles. The summed E-state index contributed by atoms with van der Waals surface area (Å²) >= 11 is 0. The average Bonchev–Trinajstić information content (AvgIpc) is 2.76. The van der Waals surface area contributed by atoms with E-state index < -0.39 is 0 Å². The number of aromatic amines is 1. The molecule has 0 unspecified atom stereocenters. The second-order valence-electron chi connectivity index (χ2n) is 5.34. The van der Waals surface area contributed by atoms with Crippen LogP contribution in [0.3, 0.4) is 0 Å². The maximum absolute atomic E-state index is 13.5. The zero-order valence-corrected chi connectivity index (χ0v) is 12.4. The smallest absolute Gasteiger partial charge is 0.205 e. The van der Waals surface area contributed by atoms with Gasteiger partial charge in [0.25, 0.3) is 0 Å².